The van der Waals surface area contributed by atoms with E-state index in [0.717, 1.165) is 24.3 Å². The number of benzene rings is 1. The van der Waals surface area contributed by atoms with Gasteiger partial charge in [0.05, 0.1) is 17.6 Å². The Morgan fingerprint density at radius 2 is 2.00 bits per heavy atom. The van der Waals surface area contributed by atoms with Crippen molar-refractivity contribution in [3.8, 4) is 0 Å². The number of amides is 1. The number of nitro groups is 1. The maximum absolute atomic E-state index is 12.2. The molecule has 0 bridgehead atoms. The minimum Gasteiger partial charge on any atom is -0.465 e. The molecule has 0 atom stereocenters. The first-order valence-electron chi connectivity index (χ1n) is 6.46. The van der Waals surface area contributed by atoms with Crippen LogP contribution in [0.25, 0.3) is 0 Å². The highest BCUT2D eigenvalue weighted by molar-refractivity contribution is 7.15. The predicted octanol–water partition coefficient (Wildman–Crippen LogP) is 2.05. The second-order valence-electron chi connectivity index (χ2n) is 4.33. The van der Waals surface area contributed by atoms with Crippen LogP contribution in [0.3, 0.4) is 0 Å². The van der Waals surface area contributed by atoms with Gasteiger partial charge in [-0.05, 0) is 12.5 Å². The van der Waals surface area contributed by atoms with Crippen LogP contribution in [0.4, 0.5) is 10.8 Å². The Kier molecular flexibility index (Phi) is 4.96. The molecular formula is C13H12N4O5S. The highest BCUT2D eigenvalue weighted by Gasteiger charge is 2.19. The SMILES string of the molecule is CCc1nnc(NC(=O)c2cc(C(=O)OC)cc([N+](=O)[O-])c2)s1. The monoisotopic (exact) mass is 336 g/mol. The van der Waals surface area contributed by atoms with E-state index >= 15 is 0 Å². The van der Waals surface area contributed by atoms with E-state index in [9.17, 15) is 19.7 Å². The number of non-ortho nitro benzene ring substituents is 1. The van der Waals surface area contributed by atoms with E-state index in [1.165, 1.54) is 17.4 Å². The average Bonchev–Trinajstić information content (AvgIpc) is 3.01. The summed E-state index contributed by atoms with van der Waals surface area (Å²) in [6, 6.07) is 3.34. The van der Waals surface area contributed by atoms with E-state index < -0.39 is 16.8 Å². The molecule has 0 fully saturated rings. The molecule has 0 spiro atoms. The third kappa shape index (κ3) is 3.86. The minimum atomic E-state index is -0.771. The number of esters is 1. The van der Waals surface area contributed by atoms with Crippen molar-refractivity contribution < 1.29 is 19.2 Å². The number of anilines is 1. The lowest BCUT2D eigenvalue weighted by molar-refractivity contribution is -0.384. The second-order valence-corrected chi connectivity index (χ2v) is 5.39. The van der Waals surface area contributed by atoms with Crippen molar-refractivity contribution in [1.82, 2.24) is 10.2 Å². The van der Waals surface area contributed by atoms with Gasteiger partial charge in [0.25, 0.3) is 11.6 Å². The van der Waals surface area contributed by atoms with Crippen LogP contribution in [0, 0.1) is 10.1 Å². The fourth-order valence-corrected chi connectivity index (χ4v) is 2.37. The normalized spacial score (nSPS) is 10.2. The maximum atomic E-state index is 12.2. The van der Waals surface area contributed by atoms with Crippen LogP contribution >= 0.6 is 11.3 Å². The number of hydrogen-bond acceptors (Lipinski definition) is 8. The summed E-state index contributed by atoms with van der Waals surface area (Å²) in [5, 5.41) is 22.1. The summed E-state index contributed by atoms with van der Waals surface area (Å²) in [5.41, 5.74) is -0.518. The number of nitro benzene ring substituents is 1. The van der Waals surface area contributed by atoms with Gasteiger partial charge in [0.2, 0.25) is 5.13 Å². The van der Waals surface area contributed by atoms with Crippen molar-refractivity contribution in [2.45, 2.75) is 13.3 Å². The first-order chi connectivity index (χ1) is 10.9. The Hall–Kier alpha value is -2.88. The molecule has 2 aromatic rings. The van der Waals surface area contributed by atoms with Gasteiger partial charge in [0.15, 0.2) is 0 Å². The average molecular weight is 336 g/mol. The zero-order chi connectivity index (χ0) is 17.0. The number of rotatable bonds is 5. The number of carbonyl (C=O) groups is 2. The molecule has 0 saturated carbocycles. The molecule has 0 unspecified atom stereocenters. The highest BCUT2D eigenvalue weighted by Crippen LogP contribution is 2.21. The molecule has 0 aliphatic heterocycles. The predicted molar refractivity (Wildman–Crippen MR) is 81.7 cm³/mol. The first kappa shape index (κ1) is 16.5. The van der Waals surface area contributed by atoms with Crippen molar-refractivity contribution in [1.29, 1.82) is 0 Å². The van der Waals surface area contributed by atoms with Crippen molar-refractivity contribution in [2.75, 3.05) is 12.4 Å². The summed E-state index contributed by atoms with van der Waals surface area (Å²) in [4.78, 5) is 34.0. The van der Waals surface area contributed by atoms with Gasteiger partial charge in [-0.1, -0.05) is 18.3 Å². The Labute approximate surface area is 134 Å². The van der Waals surface area contributed by atoms with Gasteiger partial charge in [0.1, 0.15) is 5.01 Å². The van der Waals surface area contributed by atoms with E-state index in [1.807, 2.05) is 6.92 Å². The highest BCUT2D eigenvalue weighted by atomic mass is 32.1. The van der Waals surface area contributed by atoms with E-state index in [2.05, 4.69) is 20.3 Å². The molecule has 0 aliphatic carbocycles. The molecule has 2 rings (SSSR count). The van der Waals surface area contributed by atoms with Gasteiger partial charge in [-0.25, -0.2) is 4.79 Å². The zero-order valence-corrected chi connectivity index (χ0v) is 13.0. The van der Waals surface area contributed by atoms with Crippen molar-refractivity contribution >= 4 is 34.0 Å². The second kappa shape index (κ2) is 6.92. The van der Waals surface area contributed by atoms with Crippen LogP contribution in [-0.2, 0) is 11.2 Å². The number of hydrogen-bond donors (Lipinski definition) is 1. The summed E-state index contributed by atoms with van der Waals surface area (Å²) < 4.78 is 4.53. The Morgan fingerprint density at radius 3 is 2.57 bits per heavy atom. The Balaban J connectivity index is 2.32. The molecule has 23 heavy (non-hydrogen) atoms. The molecule has 0 aliphatic rings. The Morgan fingerprint density at radius 1 is 1.30 bits per heavy atom. The Bertz CT molecular complexity index is 773. The van der Waals surface area contributed by atoms with Gasteiger partial charge in [0, 0.05) is 17.7 Å². The van der Waals surface area contributed by atoms with Gasteiger partial charge < -0.3 is 4.74 Å². The largest absolute Gasteiger partial charge is 0.465 e. The van der Waals surface area contributed by atoms with Gasteiger partial charge >= 0.3 is 5.97 Å². The number of nitrogens with zero attached hydrogens (tertiary/aromatic N) is 3. The number of nitrogens with one attached hydrogen (secondary N) is 1. The van der Waals surface area contributed by atoms with Crippen LogP contribution in [0.15, 0.2) is 18.2 Å². The molecule has 120 valence electrons. The third-order valence-corrected chi connectivity index (χ3v) is 3.78. The summed E-state index contributed by atoms with van der Waals surface area (Å²) in [7, 11) is 1.15. The summed E-state index contributed by atoms with van der Waals surface area (Å²) in [5.74, 6) is -1.40. The van der Waals surface area contributed by atoms with E-state index in [1.54, 1.807) is 0 Å². The smallest absolute Gasteiger partial charge is 0.338 e. The lowest BCUT2D eigenvalue weighted by atomic mass is 10.1. The molecule has 1 heterocycles. The molecule has 1 aromatic heterocycles. The van der Waals surface area contributed by atoms with Crippen LogP contribution in [0.1, 0.15) is 32.6 Å². The van der Waals surface area contributed by atoms with Gasteiger partial charge in [-0.3, -0.25) is 20.2 Å². The van der Waals surface area contributed by atoms with Gasteiger partial charge in [-0.2, -0.15) is 0 Å². The molecule has 9 nitrogen and oxygen atoms in total. The molecule has 0 radical (unpaired) electrons. The van der Waals surface area contributed by atoms with E-state index in [4.69, 9.17) is 0 Å². The number of aryl methyl sites for hydroxylation is 1. The van der Waals surface area contributed by atoms with Crippen LogP contribution in [0.2, 0.25) is 0 Å². The maximum Gasteiger partial charge on any atom is 0.338 e. The standard InChI is InChI=1S/C13H12N4O5S/c1-3-10-15-16-13(23-10)14-11(18)7-4-8(12(19)22-2)6-9(5-7)17(20)21/h4-6H,3H2,1-2H3,(H,14,16,18). The van der Waals surface area contributed by atoms with Crippen molar-refractivity contribution in [3.05, 3.63) is 44.4 Å². The summed E-state index contributed by atoms with van der Waals surface area (Å²) in [6.45, 7) is 1.90. The van der Waals surface area contributed by atoms with E-state index in [0.29, 0.717) is 6.42 Å². The van der Waals surface area contributed by atoms with Gasteiger partial charge in [-0.15, -0.1) is 10.2 Å². The summed E-state index contributed by atoms with van der Waals surface area (Å²) in [6.07, 6.45) is 0.677. The molecule has 1 aromatic carbocycles. The molecule has 1 amide bonds. The molecule has 10 heteroatoms. The number of carbonyl (C=O) groups excluding carboxylic acids is 2. The fraction of sp³-hybridized carbons (Fsp3) is 0.231. The number of ether oxygens (including phenoxy) is 1. The third-order valence-electron chi connectivity index (χ3n) is 2.80. The van der Waals surface area contributed by atoms with E-state index in [-0.39, 0.29) is 21.9 Å². The number of methoxy groups -OCH3 is 1. The van der Waals surface area contributed by atoms with Crippen LogP contribution in [0.5, 0.6) is 0 Å². The quantitative estimate of drug-likeness (QED) is 0.503. The lowest BCUT2D eigenvalue weighted by Crippen LogP contribution is -2.14. The molecule has 1 N–H and O–H groups in total. The lowest BCUT2D eigenvalue weighted by Gasteiger charge is -2.04. The minimum absolute atomic E-state index is 0.0483. The molecule has 0 saturated heterocycles. The molecular weight excluding hydrogens is 324 g/mol. The topological polar surface area (TPSA) is 124 Å². The van der Waals surface area contributed by atoms with Crippen LogP contribution in [-0.4, -0.2) is 34.1 Å². The fourth-order valence-electron chi connectivity index (χ4n) is 1.70. The van der Waals surface area contributed by atoms with Crippen molar-refractivity contribution in [2.24, 2.45) is 0 Å². The summed E-state index contributed by atoms with van der Waals surface area (Å²) >= 11 is 1.20. The first-order valence-corrected chi connectivity index (χ1v) is 7.27. The zero-order valence-electron chi connectivity index (χ0n) is 12.2. The number of aromatic nitrogens is 2. The van der Waals surface area contributed by atoms with Crippen LogP contribution < -0.4 is 5.32 Å². The van der Waals surface area contributed by atoms with Crippen molar-refractivity contribution in [3.63, 3.8) is 0 Å².